The van der Waals surface area contributed by atoms with Crippen LogP contribution in [0, 0.1) is 0 Å². The van der Waals surface area contributed by atoms with Gasteiger partial charge in [0.05, 0.1) is 18.8 Å². The van der Waals surface area contributed by atoms with Crippen molar-refractivity contribution in [3.8, 4) is 0 Å². The van der Waals surface area contributed by atoms with Crippen LogP contribution in [-0.2, 0) is 9.47 Å². The molecule has 2 saturated heterocycles. The van der Waals surface area contributed by atoms with Crippen LogP contribution in [0.15, 0.2) is 35.3 Å². The minimum absolute atomic E-state index is 0. The highest BCUT2D eigenvalue weighted by Gasteiger charge is 2.23. The van der Waals surface area contributed by atoms with Crippen molar-refractivity contribution in [1.29, 1.82) is 0 Å². The number of benzene rings is 1. The van der Waals surface area contributed by atoms with Crippen LogP contribution in [0.3, 0.4) is 0 Å². The number of piperidine rings is 1. The smallest absolute Gasteiger partial charge is 0.193 e. The first kappa shape index (κ1) is 26.2. The van der Waals surface area contributed by atoms with Gasteiger partial charge in [-0.05, 0) is 57.1 Å². The quantitative estimate of drug-likeness (QED) is 0.219. The summed E-state index contributed by atoms with van der Waals surface area (Å²) in [5.41, 5.74) is 1.28. The van der Waals surface area contributed by atoms with Crippen LogP contribution in [-0.4, -0.2) is 76.6 Å². The zero-order chi connectivity index (χ0) is 21.0. The molecule has 3 rings (SSSR count). The molecule has 31 heavy (non-hydrogen) atoms. The van der Waals surface area contributed by atoms with Gasteiger partial charge in [-0.3, -0.25) is 4.99 Å². The van der Waals surface area contributed by atoms with Crippen LogP contribution >= 0.6 is 24.0 Å². The Kier molecular flexibility index (Phi) is 12.6. The minimum atomic E-state index is 0. The summed E-state index contributed by atoms with van der Waals surface area (Å²) in [4.78, 5) is 9.18. The molecule has 7 heteroatoms. The Morgan fingerprint density at radius 3 is 2.61 bits per heavy atom. The largest absolute Gasteiger partial charge is 0.376 e. The van der Waals surface area contributed by atoms with Gasteiger partial charge in [0, 0.05) is 52.6 Å². The maximum atomic E-state index is 6.14. The van der Waals surface area contributed by atoms with Crippen molar-refractivity contribution in [1.82, 2.24) is 10.2 Å². The number of rotatable bonds is 9. The van der Waals surface area contributed by atoms with Gasteiger partial charge in [-0.1, -0.05) is 18.2 Å². The monoisotopic (exact) mass is 544 g/mol. The highest BCUT2D eigenvalue weighted by Crippen LogP contribution is 2.18. The molecule has 0 saturated carbocycles. The average molecular weight is 545 g/mol. The maximum Gasteiger partial charge on any atom is 0.193 e. The summed E-state index contributed by atoms with van der Waals surface area (Å²) >= 11 is 0. The van der Waals surface area contributed by atoms with E-state index in [1.807, 2.05) is 7.05 Å². The molecule has 1 unspecified atom stereocenters. The van der Waals surface area contributed by atoms with E-state index in [9.17, 15) is 0 Å². The van der Waals surface area contributed by atoms with Gasteiger partial charge in [0.15, 0.2) is 5.96 Å². The maximum absolute atomic E-state index is 6.14. The Bertz CT molecular complexity index is 617. The molecular formula is C24H41IN4O2. The van der Waals surface area contributed by atoms with E-state index < -0.39 is 0 Å². The SMILES string of the molecule is CN=C(NCCCCN(C)c1ccccc1)N1CCC(OCC2CCCCO2)CC1.I. The number of aliphatic imine (C=N–C) groups is 1. The second kappa shape index (κ2) is 14.9. The first-order valence-electron chi connectivity index (χ1n) is 11.7. The number of hydrogen-bond donors (Lipinski definition) is 1. The highest BCUT2D eigenvalue weighted by atomic mass is 127. The van der Waals surface area contributed by atoms with Gasteiger partial charge in [-0.25, -0.2) is 0 Å². The van der Waals surface area contributed by atoms with E-state index in [0.29, 0.717) is 12.2 Å². The van der Waals surface area contributed by atoms with E-state index in [-0.39, 0.29) is 24.0 Å². The zero-order valence-electron chi connectivity index (χ0n) is 19.3. The molecule has 0 aromatic heterocycles. The Morgan fingerprint density at radius 1 is 1.16 bits per heavy atom. The number of halogens is 1. The summed E-state index contributed by atoms with van der Waals surface area (Å²) in [6, 6.07) is 10.6. The molecule has 1 N–H and O–H groups in total. The van der Waals surface area contributed by atoms with Gasteiger partial charge in [-0.2, -0.15) is 0 Å². The molecule has 0 radical (unpaired) electrons. The fraction of sp³-hybridized carbons (Fsp3) is 0.708. The fourth-order valence-corrected chi connectivity index (χ4v) is 4.23. The lowest BCUT2D eigenvalue weighted by Gasteiger charge is -2.35. The van der Waals surface area contributed by atoms with E-state index >= 15 is 0 Å². The molecule has 1 atom stereocenters. The van der Waals surface area contributed by atoms with Gasteiger partial charge in [0.25, 0.3) is 0 Å². The first-order valence-corrected chi connectivity index (χ1v) is 11.7. The summed E-state index contributed by atoms with van der Waals surface area (Å²) in [7, 11) is 4.04. The number of para-hydroxylation sites is 1. The lowest BCUT2D eigenvalue weighted by molar-refractivity contribution is -0.0721. The van der Waals surface area contributed by atoms with Crippen LogP contribution in [0.5, 0.6) is 0 Å². The molecule has 2 aliphatic heterocycles. The molecule has 1 aromatic rings. The van der Waals surface area contributed by atoms with Gasteiger partial charge in [0.1, 0.15) is 0 Å². The number of nitrogens with one attached hydrogen (secondary N) is 1. The first-order chi connectivity index (χ1) is 14.8. The fourth-order valence-electron chi connectivity index (χ4n) is 4.23. The predicted octanol–water partition coefficient (Wildman–Crippen LogP) is 4.15. The van der Waals surface area contributed by atoms with Crippen molar-refractivity contribution < 1.29 is 9.47 Å². The van der Waals surface area contributed by atoms with Crippen molar-refractivity contribution in [3.63, 3.8) is 0 Å². The van der Waals surface area contributed by atoms with Gasteiger partial charge < -0.3 is 24.6 Å². The molecule has 0 aliphatic carbocycles. The van der Waals surface area contributed by atoms with E-state index in [0.717, 1.165) is 77.5 Å². The normalized spacial score (nSPS) is 20.3. The summed E-state index contributed by atoms with van der Waals surface area (Å²) in [6.07, 6.45) is 8.72. The number of nitrogens with zero attached hydrogens (tertiary/aromatic N) is 3. The number of anilines is 1. The second-order valence-corrected chi connectivity index (χ2v) is 8.45. The number of likely N-dealkylation sites (tertiary alicyclic amines) is 1. The lowest BCUT2D eigenvalue weighted by Crippen LogP contribution is -2.47. The Morgan fingerprint density at radius 2 is 1.94 bits per heavy atom. The molecule has 2 aliphatic rings. The number of guanidine groups is 1. The Hall–Kier alpha value is -1.06. The molecule has 1 aromatic carbocycles. The van der Waals surface area contributed by atoms with Gasteiger partial charge in [-0.15, -0.1) is 24.0 Å². The van der Waals surface area contributed by atoms with Crippen LogP contribution in [0.2, 0.25) is 0 Å². The summed E-state index contributed by atoms with van der Waals surface area (Å²) < 4.78 is 11.9. The third-order valence-electron chi connectivity index (χ3n) is 6.15. The lowest BCUT2D eigenvalue weighted by atomic mass is 10.1. The van der Waals surface area contributed by atoms with E-state index in [1.54, 1.807) is 0 Å². The third kappa shape index (κ3) is 9.14. The van der Waals surface area contributed by atoms with Crippen molar-refractivity contribution >= 4 is 35.6 Å². The molecule has 0 bridgehead atoms. The topological polar surface area (TPSA) is 49.3 Å². The van der Waals surface area contributed by atoms with Crippen LogP contribution < -0.4 is 10.2 Å². The molecule has 176 valence electrons. The Labute approximate surface area is 205 Å². The van der Waals surface area contributed by atoms with E-state index in [4.69, 9.17) is 9.47 Å². The summed E-state index contributed by atoms with van der Waals surface area (Å²) in [5, 5.41) is 3.55. The molecule has 0 amide bonds. The highest BCUT2D eigenvalue weighted by molar-refractivity contribution is 14.0. The third-order valence-corrected chi connectivity index (χ3v) is 6.15. The predicted molar refractivity (Wildman–Crippen MR) is 140 cm³/mol. The number of hydrogen-bond acceptors (Lipinski definition) is 4. The minimum Gasteiger partial charge on any atom is -0.376 e. The van der Waals surface area contributed by atoms with Crippen LogP contribution in [0.1, 0.15) is 44.9 Å². The Balaban J connectivity index is 0.00000341. The number of ether oxygens (including phenoxy) is 2. The second-order valence-electron chi connectivity index (χ2n) is 8.45. The van der Waals surface area contributed by atoms with Crippen LogP contribution in [0.25, 0.3) is 0 Å². The molecule has 0 spiro atoms. The summed E-state index contributed by atoms with van der Waals surface area (Å²) in [5.74, 6) is 1.03. The summed E-state index contributed by atoms with van der Waals surface area (Å²) in [6.45, 7) is 5.70. The van der Waals surface area contributed by atoms with E-state index in [1.165, 1.54) is 18.5 Å². The van der Waals surface area contributed by atoms with Crippen molar-refractivity contribution in [2.24, 2.45) is 4.99 Å². The van der Waals surface area contributed by atoms with Gasteiger partial charge >= 0.3 is 0 Å². The van der Waals surface area contributed by atoms with E-state index in [2.05, 4.69) is 57.5 Å². The van der Waals surface area contributed by atoms with Crippen LogP contribution in [0.4, 0.5) is 5.69 Å². The average Bonchev–Trinajstić information content (AvgIpc) is 2.81. The van der Waals surface area contributed by atoms with Crippen molar-refractivity contribution in [2.75, 3.05) is 58.4 Å². The standard InChI is InChI=1S/C24H40N4O2.HI/c1-25-24(26-15-7-8-16-27(2)21-10-4-3-5-11-21)28-17-13-22(14-18-28)30-20-23-12-6-9-19-29-23;/h3-5,10-11,22-23H,6-9,12-20H2,1-2H3,(H,25,26);1H. The molecule has 2 heterocycles. The molecule has 2 fully saturated rings. The van der Waals surface area contributed by atoms with Gasteiger partial charge in [0.2, 0.25) is 0 Å². The van der Waals surface area contributed by atoms with Crippen molar-refractivity contribution in [3.05, 3.63) is 30.3 Å². The molecule has 6 nitrogen and oxygen atoms in total. The van der Waals surface area contributed by atoms with Crippen molar-refractivity contribution in [2.45, 2.75) is 57.2 Å². The zero-order valence-corrected chi connectivity index (χ0v) is 21.6. The number of unbranched alkanes of at least 4 members (excludes halogenated alkanes) is 1. The molecular weight excluding hydrogens is 503 g/mol.